The van der Waals surface area contributed by atoms with Gasteiger partial charge in [-0.05, 0) is 11.6 Å². The van der Waals surface area contributed by atoms with Crippen LogP contribution in [0.2, 0.25) is 5.02 Å². The topological polar surface area (TPSA) is 103 Å². The predicted molar refractivity (Wildman–Crippen MR) is 80.7 cm³/mol. The van der Waals surface area contributed by atoms with E-state index < -0.39 is 34.7 Å². The number of methoxy groups -OCH3 is 3. The Bertz CT molecular complexity index is 739. The molecule has 2 atom stereocenters. The van der Waals surface area contributed by atoms with Crippen LogP contribution in [0.1, 0.15) is 11.5 Å². The molecule has 1 aliphatic carbocycles. The minimum atomic E-state index is -2.18. The fraction of sp³-hybridized carbons (Fsp3) is 0.375. The average Bonchev–Trinajstić information content (AvgIpc) is 3.25. The number of benzene rings is 1. The van der Waals surface area contributed by atoms with Crippen molar-refractivity contribution in [2.75, 3.05) is 21.3 Å². The molecule has 0 bridgehead atoms. The number of hydrogen-bond acceptors (Lipinski definition) is 7. The molecule has 0 radical (unpaired) electrons. The van der Waals surface area contributed by atoms with E-state index in [0.717, 1.165) is 21.3 Å². The van der Waals surface area contributed by atoms with Gasteiger partial charge in [-0.3, -0.25) is 14.4 Å². The highest BCUT2D eigenvalue weighted by atomic mass is 35.5. The third-order valence-corrected chi connectivity index (χ3v) is 4.66. The number of hydrogen-bond donors (Lipinski definition) is 0. The third kappa shape index (κ3) is 1.93. The van der Waals surface area contributed by atoms with E-state index in [2.05, 4.69) is 4.74 Å². The first-order valence-electron chi connectivity index (χ1n) is 6.81. The standard InChI is InChI=1S/C16H14ClNO6/c1-22-12(19)15(8-18)11(9-6-4-5-7-10(9)17)16(15,13(20)23-2)14(21)24-3/h4-7,11H,1-3H3/t11-,15+/m0/s1. The smallest absolute Gasteiger partial charge is 0.328 e. The molecule has 0 amide bonds. The van der Waals surface area contributed by atoms with Crippen molar-refractivity contribution in [3.8, 4) is 6.07 Å². The Kier molecular flexibility index (Phi) is 4.54. The second kappa shape index (κ2) is 6.13. The first kappa shape index (κ1) is 17.8. The predicted octanol–water partition coefficient (Wildman–Crippen LogP) is 1.45. The number of esters is 3. The Morgan fingerprint density at radius 2 is 1.54 bits per heavy atom. The summed E-state index contributed by atoms with van der Waals surface area (Å²) in [4.78, 5) is 37.3. The molecular weight excluding hydrogens is 338 g/mol. The van der Waals surface area contributed by atoms with Gasteiger partial charge in [0.2, 0.25) is 5.41 Å². The van der Waals surface area contributed by atoms with Gasteiger partial charge in [0.25, 0.3) is 0 Å². The molecular formula is C16H14ClNO6. The molecule has 24 heavy (non-hydrogen) atoms. The zero-order valence-electron chi connectivity index (χ0n) is 13.2. The number of halogens is 1. The quantitative estimate of drug-likeness (QED) is 0.459. The largest absolute Gasteiger partial charge is 0.468 e. The van der Waals surface area contributed by atoms with E-state index in [1.165, 1.54) is 12.1 Å². The Labute approximate surface area is 143 Å². The summed E-state index contributed by atoms with van der Waals surface area (Å²) in [5.74, 6) is -4.35. The van der Waals surface area contributed by atoms with E-state index in [1.807, 2.05) is 0 Å². The molecule has 2 rings (SSSR count). The lowest BCUT2D eigenvalue weighted by Gasteiger charge is -2.14. The maximum Gasteiger partial charge on any atom is 0.328 e. The minimum Gasteiger partial charge on any atom is -0.468 e. The number of nitriles is 1. The number of carbonyl (C=O) groups excluding carboxylic acids is 3. The maximum atomic E-state index is 12.5. The van der Waals surface area contributed by atoms with E-state index in [-0.39, 0.29) is 10.6 Å². The molecule has 0 saturated heterocycles. The van der Waals surface area contributed by atoms with Crippen LogP contribution < -0.4 is 0 Å². The third-order valence-electron chi connectivity index (χ3n) is 4.32. The second-order valence-electron chi connectivity index (χ2n) is 5.16. The van der Waals surface area contributed by atoms with Crippen molar-refractivity contribution in [3.05, 3.63) is 34.9 Å². The summed E-state index contributed by atoms with van der Waals surface area (Å²) in [7, 11) is 3.16. The van der Waals surface area contributed by atoms with E-state index in [4.69, 9.17) is 21.1 Å². The molecule has 1 aliphatic rings. The molecule has 0 unspecified atom stereocenters. The van der Waals surface area contributed by atoms with Gasteiger partial charge in [-0.2, -0.15) is 5.26 Å². The van der Waals surface area contributed by atoms with Crippen molar-refractivity contribution in [3.63, 3.8) is 0 Å². The molecule has 0 aliphatic heterocycles. The molecule has 8 heteroatoms. The van der Waals surface area contributed by atoms with Crippen LogP contribution in [0.25, 0.3) is 0 Å². The van der Waals surface area contributed by atoms with Crippen molar-refractivity contribution in [1.82, 2.24) is 0 Å². The fourth-order valence-corrected chi connectivity index (χ4v) is 3.50. The van der Waals surface area contributed by atoms with E-state index in [0.29, 0.717) is 0 Å². The molecule has 1 fully saturated rings. The zero-order chi connectivity index (χ0) is 18.1. The molecule has 0 aromatic heterocycles. The Balaban J connectivity index is 2.81. The van der Waals surface area contributed by atoms with Gasteiger partial charge >= 0.3 is 17.9 Å². The van der Waals surface area contributed by atoms with Gasteiger partial charge in [-0.15, -0.1) is 0 Å². The number of ether oxygens (including phenoxy) is 3. The van der Waals surface area contributed by atoms with Gasteiger partial charge in [0.05, 0.1) is 27.4 Å². The van der Waals surface area contributed by atoms with Crippen molar-refractivity contribution >= 4 is 29.5 Å². The number of nitrogens with zero attached hydrogens (tertiary/aromatic N) is 1. The van der Waals surface area contributed by atoms with Crippen LogP contribution >= 0.6 is 11.6 Å². The zero-order valence-corrected chi connectivity index (χ0v) is 13.9. The normalized spacial score (nSPS) is 23.5. The number of rotatable bonds is 4. The SMILES string of the molecule is COC(=O)C1(C(=O)OC)[C@@H](c2ccccc2Cl)[C@]1(C#N)C(=O)OC. The Hall–Kier alpha value is -2.59. The highest BCUT2D eigenvalue weighted by Gasteiger charge is 2.92. The Morgan fingerprint density at radius 3 is 1.96 bits per heavy atom. The van der Waals surface area contributed by atoms with Gasteiger partial charge in [0, 0.05) is 10.9 Å². The summed E-state index contributed by atoms with van der Waals surface area (Å²) >= 11 is 6.15. The van der Waals surface area contributed by atoms with Gasteiger partial charge in [0.15, 0.2) is 5.41 Å². The maximum absolute atomic E-state index is 12.5. The van der Waals surface area contributed by atoms with Crippen LogP contribution in [0, 0.1) is 22.2 Å². The summed E-state index contributed by atoms with van der Waals surface area (Å²) in [6, 6.07) is 8.06. The van der Waals surface area contributed by atoms with Crippen molar-refractivity contribution in [2.45, 2.75) is 5.92 Å². The molecule has 0 heterocycles. The average molecular weight is 352 g/mol. The van der Waals surface area contributed by atoms with Crippen LogP contribution in [0.5, 0.6) is 0 Å². The van der Waals surface area contributed by atoms with Gasteiger partial charge in [-0.1, -0.05) is 29.8 Å². The van der Waals surface area contributed by atoms with Gasteiger partial charge in [-0.25, -0.2) is 0 Å². The minimum absolute atomic E-state index is 0.195. The van der Waals surface area contributed by atoms with E-state index >= 15 is 0 Å². The van der Waals surface area contributed by atoms with Crippen molar-refractivity contribution in [1.29, 1.82) is 5.26 Å². The molecule has 126 valence electrons. The fourth-order valence-electron chi connectivity index (χ4n) is 3.25. The van der Waals surface area contributed by atoms with Crippen LogP contribution in [-0.2, 0) is 28.6 Å². The summed E-state index contributed by atoms with van der Waals surface area (Å²) in [6.07, 6.45) is 0. The molecule has 1 saturated carbocycles. The van der Waals surface area contributed by atoms with E-state index in [1.54, 1.807) is 18.2 Å². The van der Waals surface area contributed by atoms with E-state index in [9.17, 15) is 19.6 Å². The van der Waals surface area contributed by atoms with Crippen LogP contribution in [-0.4, -0.2) is 39.2 Å². The molecule has 7 nitrogen and oxygen atoms in total. The van der Waals surface area contributed by atoms with Crippen LogP contribution in [0.15, 0.2) is 24.3 Å². The highest BCUT2D eigenvalue weighted by molar-refractivity contribution is 6.32. The van der Waals surface area contributed by atoms with Crippen LogP contribution in [0.4, 0.5) is 0 Å². The molecule has 1 aromatic rings. The molecule has 0 spiro atoms. The second-order valence-corrected chi connectivity index (χ2v) is 5.56. The highest BCUT2D eigenvalue weighted by Crippen LogP contribution is 2.76. The summed E-state index contributed by atoms with van der Waals surface area (Å²) < 4.78 is 14.1. The summed E-state index contributed by atoms with van der Waals surface area (Å²) in [5.41, 5.74) is -4.02. The molecule has 0 N–H and O–H groups in total. The van der Waals surface area contributed by atoms with Crippen molar-refractivity contribution in [2.24, 2.45) is 10.8 Å². The Morgan fingerprint density at radius 1 is 1.04 bits per heavy atom. The molecule has 1 aromatic carbocycles. The number of carbonyl (C=O) groups is 3. The summed E-state index contributed by atoms with van der Waals surface area (Å²) in [5, 5.41) is 9.89. The lowest BCUT2D eigenvalue weighted by molar-refractivity contribution is -0.167. The van der Waals surface area contributed by atoms with Crippen molar-refractivity contribution < 1.29 is 28.6 Å². The monoisotopic (exact) mass is 351 g/mol. The van der Waals surface area contributed by atoms with Gasteiger partial charge < -0.3 is 14.2 Å². The first-order chi connectivity index (χ1) is 11.4. The van der Waals surface area contributed by atoms with Gasteiger partial charge in [0.1, 0.15) is 0 Å². The lowest BCUT2D eigenvalue weighted by Crippen LogP contribution is -2.37. The summed E-state index contributed by atoms with van der Waals surface area (Å²) in [6.45, 7) is 0. The van der Waals surface area contributed by atoms with Crippen LogP contribution in [0.3, 0.4) is 0 Å². The lowest BCUT2D eigenvalue weighted by atomic mass is 9.93. The first-order valence-corrected chi connectivity index (χ1v) is 7.18.